The number of aromatic nitrogens is 4. The summed E-state index contributed by atoms with van der Waals surface area (Å²) in [7, 11) is 0. The minimum Gasteiger partial charge on any atom is -0.466 e. The van der Waals surface area contributed by atoms with Crippen molar-refractivity contribution >= 4 is 18.2 Å². The molecule has 27 heavy (non-hydrogen) atoms. The number of nitrogens with zero attached hydrogens (tertiary/aromatic N) is 4. The van der Waals surface area contributed by atoms with E-state index in [1.807, 2.05) is 23.7 Å². The Morgan fingerprint density at radius 3 is 2.81 bits per heavy atom. The Morgan fingerprint density at radius 1 is 1.33 bits per heavy atom. The summed E-state index contributed by atoms with van der Waals surface area (Å²) in [5, 5.41) is 4.85. The van der Waals surface area contributed by atoms with Crippen molar-refractivity contribution in [3.05, 3.63) is 29.3 Å². The van der Waals surface area contributed by atoms with Crippen LogP contribution in [0.3, 0.4) is 0 Å². The van der Waals surface area contributed by atoms with E-state index >= 15 is 0 Å². The highest BCUT2D eigenvalue weighted by Crippen LogP contribution is 2.38. The molecule has 2 atom stereocenters. The minimum absolute atomic E-state index is 0.0203. The Morgan fingerprint density at radius 2 is 2.11 bits per heavy atom. The second kappa shape index (κ2) is 7.90. The van der Waals surface area contributed by atoms with Crippen molar-refractivity contribution in [2.24, 2.45) is 5.92 Å². The first-order valence-electron chi connectivity index (χ1n) is 9.77. The highest BCUT2D eigenvalue weighted by molar-refractivity contribution is 7.71. The van der Waals surface area contributed by atoms with Gasteiger partial charge in [0.1, 0.15) is 5.92 Å². The Hall–Kier alpha value is -2.06. The van der Waals surface area contributed by atoms with Crippen molar-refractivity contribution in [3.63, 3.8) is 0 Å². The molecule has 2 aromatic rings. The highest BCUT2D eigenvalue weighted by Gasteiger charge is 2.32. The van der Waals surface area contributed by atoms with Crippen molar-refractivity contribution in [2.45, 2.75) is 45.3 Å². The molecule has 1 N–H and O–H groups in total. The summed E-state index contributed by atoms with van der Waals surface area (Å²) < 4.78 is 10.1. The first-order valence-corrected chi connectivity index (χ1v) is 10.2. The lowest BCUT2D eigenvalue weighted by molar-refractivity contribution is -0.930. The van der Waals surface area contributed by atoms with E-state index in [0.29, 0.717) is 19.3 Å². The molecule has 2 aromatic heterocycles. The van der Waals surface area contributed by atoms with Gasteiger partial charge >= 0.3 is 5.97 Å². The van der Waals surface area contributed by atoms with Crippen LogP contribution in [0.15, 0.2) is 24.5 Å². The summed E-state index contributed by atoms with van der Waals surface area (Å²) in [4.78, 5) is 17.6. The van der Waals surface area contributed by atoms with Crippen molar-refractivity contribution in [2.75, 3.05) is 19.7 Å². The van der Waals surface area contributed by atoms with Crippen LogP contribution in [-0.2, 0) is 16.2 Å². The van der Waals surface area contributed by atoms with Crippen LogP contribution < -0.4 is 4.90 Å². The number of hydrogen-bond donors (Lipinski definition) is 1. The predicted octanol–water partition coefficient (Wildman–Crippen LogP) is 1.63. The number of nitrogens with one attached hydrogen (secondary N) is 1. The minimum atomic E-state index is -0.0701. The van der Waals surface area contributed by atoms with Gasteiger partial charge in [-0.1, -0.05) is 0 Å². The topological polar surface area (TPSA) is 66.4 Å². The van der Waals surface area contributed by atoms with Gasteiger partial charge in [0, 0.05) is 24.0 Å². The van der Waals surface area contributed by atoms with Crippen LogP contribution >= 0.6 is 12.2 Å². The van der Waals surface area contributed by atoms with E-state index in [1.165, 1.54) is 4.90 Å². The predicted molar refractivity (Wildman–Crippen MR) is 103 cm³/mol. The number of likely N-dealkylation sites (tertiary alicyclic amines) is 1. The average Bonchev–Trinajstić information content (AvgIpc) is 3.48. The molecule has 1 unspecified atom stereocenters. The second-order valence-corrected chi connectivity index (χ2v) is 7.76. The Bertz CT molecular complexity index is 859. The number of carbonyl (C=O) groups excluding carboxylic acids is 1. The molecule has 0 bridgehead atoms. The molecule has 0 spiro atoms. The van der Waals surface area contributed by atoms with Crippen LogP contribution in [0.2, 0.25) is 0 Å². The van der Waals surface area contributed by atoms with Gasteiger partial charge in [0.15, 0.2) is 12.5 Å². The third-order valence-corrected chi connectivity index (χ3v) is 5.74. The van der Waals surface area contributed by atoms with Crippen LogP contribution in [0.1, 0.15) is 38.6 Å². The molecule has 0 aromatic carbocycles. The zero-order valence-electron chi connectivity index (χ0n) is 15.6. The zero-order valence-corrected chi connectivity index (χ0v) is 16.5. The monoisotopic (exact) mass is 388 g/mol. The van der Waals surface area contributed by atoms with Gasteiger partial charge in [-0.15, -0.1) is 5.10 Å². The maximum atomic E-state index is 12.1. The molecule has 1 aliphatic heterocycles. The van der Waals surface area contributed by atoms with E-state index in [2.05, 4.69) is 9.55 Å². The van der Waals surface area contributed by atoms with Crippen LogP contribution in [0.25, 0.3) is 11.4 Å². The van der Waals surface area contributed by atoms with Crippen LogP contribution in [0.5, 0.6) is 0 Å². The van der Waals surface area contributed by atoms with Crippen LogP contribution in [0.4, 0.5) is 0 Å². The first-order chi connectivity index (χ1) is 13.2. The van der Waals surface area contributed by atoms with Crippen molar-refractivity contribution in [1.29, 1.82) is 0 Å². The molecule has 3 heterocycles. The third kappa shape index (κ3) is 3.96. The van der Waals surface area contributed by atoms with Crippen molar-refractivity contribution in [3.8, 4) is 11.4 Å². The fourth-order valence-electron chi connectivity index (χ4n) is 3.85. The Balaban J connectivity index is 1.56. The molecule has 0 radical (unpaired) electrons. The summed E-state index contributed by atoms with van der Waals surface area (Å²) in [6.07, 6.45) is 7.81. The lowest BCUT2D eigenvalue weighted by Gasteiger charge is -2.28. The van der Waals surface area contributed by atoms with Gasteiger partial charge in [-0.25, -0.2) is 0 Å². The number of quaternary nitrogens is 1. The van der Waals surface area contributed by atoms with Gasteiger partial charge in [0.05, 0.1) is 19.7 Å². The Labute approximate surface area is 164 Å². The number of carbonyl (C=O) groups is 1. The van der Waals surface area contributed by atoms with Gasteiger partial charge in [0.25, 0.3) is 0 Å². The van der Waals surface area contributed by atoms with Crippen LogP contribution in [0, 0.1) is 10.7 Å². The molecule has 1 saturated heterocycles. The van der Waals surface area contributed by atoms with Gasteiger partial charge in [0.2, 0.25) is 4.77 Å². The summed E-state index contributed by atoms with van der Waals surface area (Å²) in [5.41, 5.74) is 1.04. The molecule has 8 heteroatoms. The first kappa shape index (κ1) is 18.3. The van der Waals surface area contributed by atoms with E-state index in [0.717, 1.165) is 54.9 Å². The van der Waals surface area contributed by atoms with E-state index in [-0.39, 0.29) is 11.9 Å². The maximum Gasteiger partial charge on any atom is 0.314 e. The van der Waals surface area contributed by atoms with Gasteiger partial charge in [-0.3, -0.25) is 14.3 Å². The molecule has 2 fully saturated rings. The summed E-state index contributed by atoms with van der Waals surface area (Å²) in [5.74, 6) is 0.829. The van der Waals surface area contributed by atoms with E-state index in [4.69, 9.17) is 22.1 Å². The molecule has 1 aliphatic carbocycles. The largest absolute Gasteiger partial charge is 0.466 e. The van der Waals surface area contributed by atoms with E-state index in [1.54, 1.807) is 12.4 Å². The number of hydrogen-bond acceptors (Lipinski definition) is 5. The van der Waals surface area contributed by atoms with Gasteiger partial charge in [-0.2, -0.15) is 4.68 Å². The third-order valence-electron chi connectivity index (χ3n) is 5.33. The fraction of sp³-hybridized carbons (Fsp3) is 0.579. The number of pyridine rings is 1. The molecule has 2 aliphatic rings. The van der Waals surface area contributed by atoms with E-state index < -0.39 is 0 Å². The molecule has 4 rings (SSSR count). The van der Waals surface area contributed by atoms with Crippen molar-refractivity contribution in [1.82, 2.24) is 19.3 Å². The number of rotatable bonds is 6. The number of piperidine rings is 1. The zero-order chi connectivity index (χ0) is 18.8. The van der Waals surface area contributed by atoms with Crippen molar-refractivity contribution < 1.29 is 14.4 Å². The highest BCUT2D eigenvalue weighted by atomic mass is 32.1. The molecule has 0 amide bonds. The van der Waals surface area contributed by atoms with Crippen LogP contribution in [-0.4, -0.2) is 45.0 Å². The summed E-state index contributed by atoms with van der Waals surface area (Å²) in [6, 6.07) is 4.41. The molecular formula is C19H26N5O2S+. The standard InChI is InChI=1S/C19H25N5O2S/c1-2-26-18(25)15-4-3-11-22(12-15)13-23-19(27)24(16-5-6-16)17(21-23)14-7-9-20-10-8-14/h7-10,15-16H,2-6,11-13H2,1H3/p+1/t15-/m0/s1. The summed E-state index contributed by atoms with van der Waals surface area (Å²) in [6.45, 7) is 4.79. The summed E-state index contributed by atoms with van der Waals surface area (Å²) >= 11 is 5.76. The number of ether oxygens (including phenoxy) is 1. The molecule has 144 valence electrons. The van der Waals surface area contributed by atoms with E-state index in [9.17, 15) is 4.79 Å². The maximum absolute atomic E-state index is 12.1. The SMILES string of the molecule is CCOC(=O)[C@H]1CCC[NH+](Cn2nc(-c3ccncc3)n(C3CC3)c2=S)C1. The molecule has 7 nitrogen and oxygen atoms in total. The second-order valence-electron chi connectivity index (χ2n) is 7.40. The quantitative estimate of drug-likeness (QED) is 0.602. The number of esters is 1. The normalized spacial score (nSPS) is 22.6. The molecule has 1 saturated carbocycles. The average molecular weight is 389 g/mol. The van der Waals surface area contributed by atoms with Gasteiger partial charge < -0.3 is 9.64 Å². The lowest BCUT2D eigenvalue weighted by Crippen LogP contribution is -3.13. The molecular weight excluding hydrogens is 362 g/mol. The smallest absolute Gasteiger partial charge is 0.314 e. The Kier molecular flexibility index (Phi) is 5.36. The lowest BCUT2D eigenvalue weighted by atomic mass is 9.99. The van der Waals surface area contributed by atoms with Gasteiger partial charge in [-0.05, 0) is 57.0 Å². The fourth-order valence-corrected chi connectivity index (χ4v) is 4.19.